The number of likely N-dealkylation sites (N-methyl/N-ethyl adjacent to an activating group) is 1. The fraction of sp³-hybridized carbons (Fsp3) is 0.400. The van der Waals surface area contributed by atoms with E-state index in [0.29, 0.717) is 26.2 Å². The first kappa shape index (κ1) is 30.3. The van der Waals surface area contributed by atoms with Gasteiger partial charge in [-0.05, 0) is 36.5 Å². The first-order chi connectivity index (χ1) is 20.5. The predicted octanol–water partition coefficient (Wildman–Crippen LogP) is 4.75. The van der Waals surface area contributed by atoms with Crippen molar-refractivity contribution >= 4 is 17.9 Å². The Morgan fingerprint density at radius 3 is 1.67 bits per heavy atom. The van der Waals surface area contributed by atoms with Gasteiger partial charge in [-0.3, -0.25) is 9.69 Å². The summed E-state index contributed by atoms with van der Waals surface area (Å²) < 4.78 is 0. The molecule has 5 rings (SSSR count). The fourth-order valence-corrected chi connectivity index (χ4v) is 6.60. The largest absolute Gasteiger partial charge is 0.479 e. The maximum atomic E-state index is 14.2. The average Bonchev–Trinajstić information content (AvgIpc) is 3.82. The number of benzene rings is 3. The normalized spacial score (nSPS) is 21.7. The Kier molecular flexibility index (Phi) is 8.34. The molecule has 2 aliphatic heterocycles. The molecule has 3 amide bonds. The minimum atomic E-state index is -1.34. The zero-order valence-corrected chi connectivity index (χ0v) is 25.7. The van der Waals surface area contributed by atoms with E-state index in [0.717, 1.165) is 16.7 Å². The first-order valence-corrected chi connectivity index (χ1v) is 15.0. The standard InChI is InChI=1S/C35H42N4O4/c1-25(2)34(4,32(41)42)36(5)33(43)37-21-22-38(26(3)23-37)31(40)30-24-39(30)35(27-15-9-6-10-16-27,28-17-11-7-12-18-28)29-19-13-8-14-20-29/h6-20,25-26,30H,21-24H2,1-5H3,(H,41,42)/t26-,30?,34?,39-/m0/s1. The van der Waals surface area contributed by atoms with Gasteiger partial charge in [0.25, 0.3) is 0 Å². The topological polar surface area (TPSA) is 84.2 Å². The van der Waals surface area contributed by atoms with Crippen LogP contribution in [0.2, 0.25) is 0 Å². The number of carboxylic acids is 1. The summed E-state index contributed by atoms with van der Waals surface area (Å²) in [6, 6.07) is 30.2. The van der Waals surface area contributed by atoms with E-state index in [1.165, 1.54) is 4.90 Å². The van der Waals surface area contributed by atoms with Gasteiger partial charge in [-0.2, -0.15) is 0 Å². The van der Waals surface area contributed by atoms with Crippen molar-refractivity contribution in [1.29, 1.82) is 0 Å². The van der Waals surface area contributed by atoms with Gasteiger partial charge in [0, 0.05) is 39.3 Å². The highest BCUT2D eigenvalue weighted by atomic mass is 16.4. The van der Waals surface area contributed by atoms with E-state index in [1.807, 2.05) is 66.4 Å². The minimum Gasteiger partial charge on any atom is -0.479 e. The lowest BCUT2D eigenvalue weighted by molar-refractivity contribution is -0.151. The van der Waals surface area contributed by atoms with Crippen LogP contribution < -0.4 is 0 Å². The number of aliphatic carboxylic acids is 1. The molecule has 0 saturated carbocycles. The number of nitrogens with zero attached hydrogens (tertiary/aromatic N) is 4. The van der Waals surface area contributed by atoms with Crippen LogP contribution in [0.25, 0.3) is 0 Å². The molecular formula is C35H42N4O4. The molecule has 4 atom stereocenters. The minimum absolute atomic E-state index is 0.0534. The molecular weight excluding hydrogens is 540 g/mol. The van der Waals surface area contributed by atoms with E-state index in [4.69, 9.17) is 0 Å². The van der Waals surface area contributed by atoms with Gasteiger partial charge in [0.1, 0.15) is 11.6 Å². The van der Waals surface area contributed by atoms with Gasteiger partial charge in [-0.15, -0.1) is 0 Å². The summed E-state index contributed by atoms with van der Waals surface area (Å²) in [6.07, 6.45) is 0. The molecule has 2 saturated heterocycles. The van der Waals surface area contributed by atoms with Gasteiger partial charge in [-0.25, -0.2) is 9.59 Å². The monoisotopic (exact) mass is 582 g/mol. The number of amides is 3. The number of piperazine rings is 1. The lowest BCUT2D eigenvalue weighted by Crippen LogP contribution is -2.63. The van der Waals surface area contributed by atoms with Crippen LogP contribution in [0.5, 0.6) is 0 Å². The molecule has 1 N–H and O–H groups in total. The molecule has 43 heavy (non-hydrogen) atoms. The second kappa shape index (κ2) is 11.8. The third-order valence-electron chi connectivity index (χ3n) is 9.62. The molecule has 2 unspecified atom stereocenters. The van der Waals surface area contributed by atoms with Crippen LogP contribution in [0.1, 0.15) is 44.4 Å². The van der Waals surface area contributed by atoms with Crippen molar-refractivity contribution in [2.45, 2.75) is 50.9 Å². The first-order valence-electron chi connectivity index (χ1n) is 15.0. The third kappa shape index (κ3) is 5.18. The van der Waals surface area contributed by atoms with Gasteiger partial charge >= 0.3 is 12.0 Å². The number of carbonyl (C=O) groups excluding carboxylic acids is 2. The highest BCUT2D eigenvalue weighted by molar-refractivity contribution is 5.88. The van der Waals surface area contributed by atoms with Crippen molar-refractivity contribution in [1.82, 2.24) is 19.6 Å². The zero-order valence-electron chi connectivity index (χ0n) is 25.7. The lowest BCUT2D eigenvalue weighted by atomic mass is 9.76. The van der Waals surface area contributed by atoms with Crippen LogP contribution in [0.4, 0.5) is 4.79 Å². The van der Waals surface area contributed by atoms with Gasteiger partial charge < -0.3 is 19.8 Å². The van der Waals surface area contributed by atoms with Gasteiger partial charge in [-0.1, -0.05) is 105 Å². The lowest BCUT2D eigenvalue weighted by Gasteiger charge is -2.45. The van der Waals surface area contributed by atoms with Crippen LogP contribution in [-0.4, -0.2) is 93.5 Å². The molecule has 3 aromatic rings. The maximum absolute atomic E-state index is 14.2. The summed E-state index contributed by atoms with van der Waals surface area (Å²) in [5, 5.41) is 9.92. The molecule has 3 aromatic carbocycles. The second-order valence-corrected chi connectivity index (χ2v) is 12.3. The predicted molar refractivity (Wildman–Crippen MR) is 166 cm³/mol. The van der Waals surface area contributed by atoms with Crippen molar-refractivity contribution < 1.29 is 19.5 Å². The summed E-state index contributed by atoms with van der Waals surface area (Å²) >= 11 is 0. The smallest absolute Gasteiger partial charge is 0.329 e. The van der Waals surface area contributed by atoms with Crippen LogP contribution in [0.15, 0.2) is 91.0 Å². The molecule has 0 aliphatic carbocycles. The SMILES string of the molecule is CC(C)C(C)(C(=O)O)N(C)C(=O)N1CCN(C(=O)C2C[N@]2C(c2ccccc2)(c2ccccc2)c2ccccc2)[C@@H](C)C1. The molecule has 8 nitrogen and oxygen atoms in total. The van der Waals surface area contributed by atoms with Crippen molar-refractivity contribution in [2.24, 2.45) is 5.92 Å². The van der Waals surface area contributed by atoms with Gasteiger partial charge in [0.2, 0.25) is 5.91 Å². The number of carboxylic acid groups (broad SMARTS) is 1. The van der Waals surface area contributed by atoms with Crippen LogP contribution >= 0.6 is 0 Å². The van der Waals surface area contributed by atoms with E-state index >= 15 is 0 Å². The fourth-order valence-electron chi connectivity index (χ4n) is 6.60. The Balaban J connectivity index is 1.40. The zero-order chi connectivity index (χ0) is 30.9. The van der Waals surface area contributed by atoms with Crippen molar-refractivity contribution in [3.8, 4) is 0 Å². The Morgan fingerprint density at radius 2 is 1.28 bits per heavy atom. The molecule has 2 heterocycles. The van der Waals surface area contributed by atoms with Crippen molar-refractivity contribution in [3.05, 3.63) is 108 Å². The Labute approximate surface area is 254 Å². The number of carbonyl (C=O) groups is 3. The number of urea groups is 1. The van der Waals surface area contributed by atoms with Crippen LogP contribution in [-0.2, 0) is 15.1 Å². The van der Waals surface area contributed by atoms with E-state index in [9.17, 15) is 19.5 Å². The molecule has 2 aliphatic rings. The quantitative estimate of drug-likeness (QED) is 0.306. The number of hydrogen-bond donors (Lipinski definition) is 1. The van der Waals surface area contributed by atoms with Crippen molar-refractivity contribution in [2.75, 3.05) is 33.2 Å². The Morgan fingerprint density at radius 1 is 0.814 bits per heavy atom. The summed E-state index contributed by atoms with van der Waals surface area (Å²) in [7, 11) is 1.55. The van der Waals surface area contributed by atoms with Gasteiger partial charge in [0.05, 0.1) is 5.54 Å². The Hall–Kier alpha value is -4.17. The highest BCUT2D eigenvalue weighted by Crippen LogP contribution is 2.48. The molecule has 0 aromatic heterocycles. The van der Waals surface area contributed by atoms with Crippen molar-refractivity contribution in [3.63, 3.8) is 0 Å². The molecule has 0 spiro atoms. The molecule has 226 valence electrons. The number of rotatable bonds is 8. The highest BCUT2D eigenvalue weighted by Gasteiger charge is 2.57. The van der Waals surface area contributed by atoms with E-state index < -0.39 is 17.0 Å². The number of hydrogen-bond acceptors (Lipinski definition) is 4. The van der Waals surface area contributed by atoms with Crippen LogP contribution in [0, 0.1) is 5.92 Å². The summed E-state index contributed by atoms with van der Waals surface area (Å²) in [4.78, 5) is 46.9. The Bertz CT molecular complexity index is 1350. The summed E-state index contributed by atoms with van der Waals surface area (Å²) in [5.41, 5.74) is 1.31. The maximum Gasteiger partial charge on any atom is 0.329 e. The van der Waals surface area contributed by atoms with E-state index in [-0.39, 0.29) is 29.9 Å². The van der Waals surface area contributed by atoms with Gasteiger partial charge in [0.15, 0.2) is 0 Å². The molecule has 0 bridgehead atoms. The third-order valence-corrected chi connectivity index (χ3v) is 9.62. The second-order valence-electron chi connectivity index (χ2n) is 12.3. The van der Waals surface area contributed by atoms with E-state index in [1.54, 1.807) is 32.7 Å². The molecule has 0 radical (unpaired) electrons. The molecule has 8 heteroatoms. The summed E-state index contributed by atoms with van der Waals surface area (Å²) in [5.74, 6) is -1.26. The average molecular weight is 583 g/mol. The van der Waals surface area contributed by atoms with E-state index in [2.05, 4.69) is 41.3 Å². The van der Waals surface area contributed by atoms with Crippen LogP contribution in [0.3, 0.4) is 0 Å². The summed E-state index contributed by atoms with van der Waals surface area (Å²) in [6.45, 7) is 8.85. The molecule has 2 fully saturated rings.